The van der Waals surface area contributed by atoms with Crippen LogP contribution in [0.4, 0.5) is 0 Å². The van der Waals surface area contributed by atoms with E-state index in [0.717, 1.165) is 5.57 Å². The number of allylic oxidation sites excluding steroid dienone is 4. The lowest BCUT2D eigenvalue weighted by atomic mass is 9.96. The zero-order valence-electron chi connectivity index (χ0n) is 6.07. The van der Waals surface area contributed by atoms with E-state index in [2.05, 4.69) is 0 Å². The molecule has 2 heteroatoms. The van der Waals surface area contributed by atoms with Gasteiger partial charge in [0, 0.05) is 5.92 Å². The highest BCUT2D eigenvalue weighted by Gasteiger charge is 2.32. The van der Waals surface area contributed by atoms with Gasteiger partial charge < -0.3 is 0 Å². The van der Waals surface area contributed by atoms with Gasteiger partial charge in [-0.1, -0.05) is 48.4 Å². The molecule has 0 N–H and O–H groups in total. The molecule has 1 atom stereocenters. The van der Waals surface area contributed by atoms with Gasteiger partial charge in [0.2, 0.25) is 0 Å². The Kier molecular flexibility index (Phi) is 2.12. The van der Waals surface area contributed by atoms with E-state index in [1.165, 1.54) is 0 Å². The highest BCUT2D eigenvalue weighted by molar-refractivity contribution is 6.50. The molecule has 0 radical (unpaired) electrons. The normalized spacial score (nSPS) is 30.0. The standard InChI is InChI=1S/C8H10Cl2/c1-6-4-3-5-7(2)8(6,9)10/h3-6H,1-2H3. The molecular formula is C8H10Cl2. The van der Waals surface area contributed by atoms with Crippen LogP contribution in [0.2, 0.25) is 0 Å². The van der Waals surface area contributed by atoms with Gasteiger partial charge in [-0.15, -0.1) is 0 Å². The van der Waals surface area contributed by atoms with Crippen LogP contribution in [0.3, 0.4) is 0 Å². The third-order valence-corrected chi connectivity index (χ3v) is 3.13. The zero-order chi connectivity index (χ0) is 7.78. The minimum atomic E-state index is -0.686. The Bertz CT molecular complexity index is 189. The Labute approximate surface area is 71.5 Å². The van der Waals surface area contributed by atoms with Crippen molar-refractivity contribution in [3.63, 3.8) is 0 Å². The molecule has 0 saturated heterocycles. The second-order valence-electron chi connectivity index (χ2n) is 2.65. The van der Waals surface area contributed by atoms with Gasteiger partial charge in [-0.25, -0.2) is 0 Å². The van der Waals surface area contributed by atoms with Gasteiger partial charge in [0.05, 0.1) is 0 Å². The lowest BCUT2D eigenvalue weighted by molar-refractivity contribution is 0.664. The lowest BCUT2D eigenvalue weighted by Gasteiger charge is -2.27. The van der Waals surface area contributed by atoms with Crippen LogP contribution < -0.4 is 0 Å². The molecule has 10 heavy (non-hydrogen) atoms. The topological polar surface area (TPSA) is 0 Å². The Morgan fingerprint density at radius 2 is 2.10 bits per heavy atom. The second-order valence-corrected chi connectivity index (χ2v) is 4.03. The van der Waals surface area contributed by atoms with Crippen LogP contribution in [-0.2, 0) is 0 Å². The van der Waals surface area contributed by atoms with Crippen LogP contribution >= 0.6 is 23.2 Å². The Hall–Kier alpha value is 0.0600. The van der Waals surface area contributed by atoms with Crippen molar-refractivity contribution in [3.05, 3.63) is 23.8 Å². The molecule has 0 spiro atoms. The molecule has 1 unspecified atom stereocenters. The summed E-state index contributed by atoms with van der Waals surface area (Å²) in [7, 11) is 0. The fourth-order valence-electron chi connectivity index (χ4n) is 0.958. The number of hydrogen-bond acceptors (Lipinski definition) is 0. The predicted molar refractivity (Wildman–Crippen MR) is 46.5 cm³/mol. The van der Waals surface area contributed by atoms with Crippen LogP contribution in [0, 0.1) is 5.92 Å². The van der Waals surface area contributed by atoms with Gasteiger partial charge in [0.25, 0.3) is 0 Å². The van der Waals surface area contributed by atoms with Crippen molar-refractivity contribution < 1.29 is 0 Å². The number of hydrogen-bond donors (Lipinski definition) is 0. The molecule has 0 aromatic rings. The van der Waals surface area contributed by atoms with E-state index in [1.54, 1.807) is 0 Å². The van der Waals surface area contributed by atoms with E-state index in [-0.39, 0.29) is 5.92 Å². The van der Waals surface area contributed by atoms with Crippen molar-refractivity contribution >= 4 is 23.2 Å². The van der Waals surface area contributed by atoms with Crippen molar-refractivity contribution in [1.82, 2.24) is 0 Å². The van der Waals surface area contributed by atoms with Crippen molar-refractivity contribution in [2.45, 2.75) is 18.2 Å². The smallest absolute Gasteiger partial charge is 0.0960 e. The maximum absolute atomic E-state index is 6.02. The monoisotopic (exact) mass is 176 g/mol. The van der Waals surface area contributed by atoms with Crippen molar-refractivity contribution in [1.29, 1.82) is 0 Å². The molecule has 0 bridgehead atoms. The third-order valence-electron chi connectivity index (χ3n) is 1.84. The first-order chi connectivity index (χ1) is 4.55. The second kappa shape index (κ2) is 2.60. The molecule has 1 aliphatic carbocycles. The quantitative estimate of drug-likeness (QED) is 0.498. The van der Waals surface area contributed by atoms with Gasteiger partial charge in [-0.2, -0.15) is 0 Å². The lowest BCUT2D eigenvalue weighted by Crippen LogP contribution is -2.24. The molecular weight excluding hydrogens is 167 g/mol. The average Bonchev–Trinajstić information content (AvgIpc) is 1.84. The highest BCUT2D eigenvalue weighted by atomic mass is 35.5. The van der Waals surface area contributed by atoms with Crippen molar-refractivity contribution in [2.24, 2.45) is 5.92 Å². The summed E-state index contributed by atoms with van der Waals surface area (Å²) in [5.41, 5.74) is 1.02. The number of rotatable bonds is 0. The van der Waals surface area contributed by atoms with Crippen molar-refractivity contribution in [3.8, 4) is 0 Å². The van der Waals surface area contributed by atoms with E-state index in [1.807, 2.05) is 32.1 Å². The predicted octanol–water partition coefficient (Wildman–Crippen LogP) is 3.31. The average molecular weight is 177 g/mol. The Morgan fingerprint density at radius 3 is 2.50 bits per heavy atom. The molecule has 56 valence electrons. The highest BCUT2D eigenvalue weighted by Crippen LogP contribution is 2.40. The molecule has 0 aliphatic heterocycles. The Morgan fingerprint density at radius 1 is 1.50 bits per heavy atom. The van der Waals surface area contributed by atoms with Crippen LogP contribution in [0.5, 0.6) is 0 Å². The summed E-state index contributed by atoms with van der Waals surface area (Å²) in [4.78, 5) is 0. The third kappa shape index (κ3) is 1.23. The van der Waals surface area contributed by atoms with Gasteiger partial charge in [0.1, 0.15) is 4.33 Å². The molecule has 0 saturated carbocycles. The maximum Gasteiger partial charge on any atom is 0.145 e. The van der Waals surface area contributed by atoms with Gasteiger partial charge in [-0.05, 0) is 12.5 Å². The summed E-state index contributed by atoms with van der Waals surface area (Å²) in [6.45, 7) is 3.95. The van der Waals surface area contributed by atoms with E-state index in [0.29, 0.717) is 0 Å². The molecule has 0 fully saturated rings. The Balaban J connectivity index is 2.93. The SMILES string of the molecule is CC1=CC=CC(C)C1(Cl)Cl. The van der Waals surface area contributed by atoms with E-state index >= 15 is 0 Å². The molecule has 0 aromatic carbocycles. The molecule has 0 aromatic heterocycles. The molecule has 1 aliphatic rings. The summed E-state index contributed by atoms with van der Waals surface area (Å²) in [5.74, 6) is 0.209. The van der Waals surface area contributed by atoms with E-state index in [4.69, 9.17) is 23.2 Å². The maximum atomic E-state index is 6.02. The zero-order valence-corrected chi connectivity index (χ0v) is 7.58. The van der Waals surface area contributed by atoms with E-state index in [9.17, 15) is 0 Å². The first kappa shape index (κ1) is 8.16. The van der Waals surface area contributed by atoms with Gasteiger partial charge in [0.15, 0.2) is 0 Å². The first-order valence-corrected chi connectivity index (χ1v) is 4.04. The largest absolute Gasteiger partial charge is 0.145 e. The van der Waals surface area contributed by atoms with Crippen LogP contribution in [0.15, 0.2) is 23.8 Å². The molecule has 0 amide bonds. The fraction of sp³-hybridized carbons (Fsp3) is 0.500. The van der Waals surface area contributed by atoms with Crippen LogP contribution in [-0.4, -0.2) is 4.33 Å². The van der Waals surface area contributed by atoms with Crippen LogP contribution in [0.25, 0.3) is 0 Å². The van der Waals surface area contributed by atoms with Crippen LogP contribution in [0.1, 0.15) is 13.8 Å². The van der Waals surface area contributed by atoms with Gasteiger partial charge >= 0.3 is 0 Å². The molecule has 0 nitrogen and oxygen atoms in total. The first-order valence-electron chi connectivity index (χ1n) is 3.28. The number of halogens is 2. The summed E-state index contributed by atoms with van der Waals surface area (Å²) < 4.78 is -0.686. The summed E-state index contributed by atoms with van der Waals surface area (Å²) in [6, 6.07) is 0. The summed E-state index contributed by atoms with van der Waals surface area (Å²) >= 11 is 12.0. The molecule has 0 heterocycles. The minimum absolute atomic E-state index is 0.209. The molecule has 1 rings (SSSR count). The fourth-order valence-corrected chi connectivity index (χ4v) is 1.23. The summed E-state index contributed by atoms with van der Waals surface area (Å²) in [5, 5.41) is 0. The van der Waals surface area contributed by atoms with Gasteiger partial charge in [-0.3, -0.25) is 0 Å². The van der Waals surface area contributed by atoms with Crippen molar-refractivity contribution in [2.75, 3.05) is 0 Å². The minimum Gasteiger partial charge on any atom is -0.0960 e. The number of alkyl halides is 2. The summed E-state index contributed by atoms with van der Waals surface area (Å²) in [6.07, 6.45) is 5.94. The van der Waals surface area contributed by atoms with E-state index < -0.39 is 4.33 Å².